The zero-order valence-electron chi connectivity index (χ0n) is 22.2. The third kappa shape index (κ3) is 8.59. The summed E-state index contributed by atoms with van der Waals surface area (Å²) >= 11 is 0. The first kappa shape index (κ1) is 29.2. The molecule has 0 radical (unpaired) electrons. The van der Waals surface area contributed by atoms with Crippen molar-refractivity contribution in [1.29, 1.82) is 5.26 Å². The molecule has 0 spiro atoms. The number of amides is 1. The number of nitrogens with one attached hydrogen (secondary N) is 1. The van der Waals surface area contributed by atoms with Crippen LogP contribution in [0.1, 0.15) is 31.4 Å². The lowest BCUT2D eigenvalue weighted by atomic mass is 10.1. The van der Waals surface area contributed by atoms with Crippen molar-refractivity contribution in [2.75, 3.05) is 23.4 Å². The molecule has 11 nitrogen and oxygen atoms in total. The first-order chi connectivity index (χ1) is 19.2. The van der Waals surface area contributed by atoms with Crippen molar-refractivity contribution in [2.45, 2.75) is 26.8 Å². The zero-order chi connectivity index (χ0) is 29.1. The molecule has 204 valence electrons. The zero-order valence-corrected chi connectivity index (χ0v) is 22.2. The predicted molar refractivity (Wildman–Crippen MR) is 151 cm³/mol. The van der Waals surface area contributed by atoms with Crippen LogP contribution in [0.15, 0.2) is 89.1 Å². The average Bonchev–Trinajstić information content (AvgIpc) is 2.93. The monoisotopic (exact) mass is 540 g/mol. The summed E-state index contributed by atoms with van der Waals surface area (Å²) in [5, 5.41) is 31.5. The highest BCUT2D eigenvalue weighted by atomic mass is 16.6. The molecule has 3 rings (SSSR count). The fourth-order valence-corrected chi connectivity index (χ4v) is 3.63. The maximum Gasteiger partial charge on any atom is 0.307 e. The van der Waals surface area contributed by atoms with Gasteiger partial charge in [-0.2, -0.15) is 5.26 Å². The minimum atomic E-state index is -0.600. The van der Waals surface area contributed by atoms with Gasteiger partial charge in [0, 0.05) is 37.8 Å². The summed E-state index contributed by atoms with van der Waals surface area (Å²) in [6.07, 6.45) is 0.133. The number of non-ortho nitro benzene ring substituents is 1. The number of nitrogens with zero attached hydrogens (tertiary/aromatic N) is 5. The van der Waals surface area contributed by atoms with Gasteiger partial charge in [-0.15, -0.1) is 10.2 Å². The number of nitro benzene ring substituents is 1. The molecule has 0 fully saturated rings. The molecule has 0 saturated heterocycles. The van der Waals surface area contributed by atoms with Crippen LogP contribution in [0.25, 0.3) is 0 Å². The molecule has 1 N–H and O–H groups in total. The lowest BCUT2D eigenvalue weighted by molar-refractivity contribution is -0.384. The Morgan fingerprint density at radius 3 is 2.42 bits per heavy atom. The molecule has 0 saturated carbocycles. The fourth-order valence-electron chi connectivity index (χ4n) is 3.63. The van der Waals surface area contributed by atoms with E-state index in [-0.39, 0.29) is 41.8 Å². The van der Waals surface area contributed by atoms with Gasteiger partial charge in [-0.3, -0.25) is 19.7 Å². The molecule has 3 aromatic rings. The number of ether oxygens (including phenoxy) is 1. The third-order valence-electron chi connectivity index (χ3n) is 5.51. The van der Waals surface area contributed by atoms with E-state index in [1.807, 2.05) is 41.3 Å². The van der Waals surface area contributed by atoms with Crippen LogP contribution in [0.5, 0.6) is 0 Å². The number of azo groups is 1. The molecule has 0 aliphatic carbocycles. The van der Waals surface area contributed by atoms with Gasteiger partial charge >= 0.3 is 5.97 Å². The molecule has 0 heterocycles. The van der Waals surface area contributed by atoms with Gasteiger partial charge in [-0.05, 0) is 42.3 Å². The average molecular weight is 541 g/mol. The SMILES string of the molecule is C=C(C)COC(=O)CCN(Cc1ccccc1)c1ccc(N=Nc2ccc([N+](=O)[O-])cc2C#N)c(NC(C)=O)c1. The fraction of sp³-hybridized carbons (Fsp3) is 0.207. The number of hydrogen-bond acceptors (Lipinski definition) is 9. The van der Waals surface area contributed by atoms with Gasteiger partial charge in [-0.25, -0.2) is 0 Å². The number of esters is 1. The van der Waals surface area contributed by atoms with Gasteiger partial charge in [0.2, 0.25) is 5.91 Å². The van der Waals surface area contributed by atoms with Crippen molar-refractivity contribution in [3.05, 3.63) is 100 Å². The Hall–Kier alpha value is -5.37. The first-order valence-electron chi connectivity index (χ1n) is 12.3. The van der Waals surface area contributed by atoms with Crippen molar-refractivity contribution < 1.29 is 19.2 Å². The predicted octanol–water partition coefficient (Wildman–Crippen LogP) is 6.36. The maximum absolute atomic E-state index is 12.3. The molecular formula is C29H28N6O5. The van der Waals surface area contributed by atoms with Crippen molar-refractivity contribution in [2.24, 2.45) is 10.2 Å². The molecular weight excluding hydrogens is 512 g/mol. The minimum Gasteiger partial charge on any atom is -0.461 e. The summed E-state index contributed by atoms with van der Waals surface area (Å²) in [5.74, 6) is -0.690. The largest absolute Gasteiger partial charge is 0.461 e. The smallest absolute Gasteiger partial charge is 0.307 e. The van der Waals surface area contributed by atoms with Crippen molar-refractivity contribution in [1.82, 2.24) is 0 Å². The Balaban J connectivity index is 1.93. The van der Waals surface area contributed by atoms with Gasteiger partial charge in [-0.1, -0.05) is 36.9 Å². The van der Waals surface area contributed by atoms with Crippen molar-refractivity contribution in [3.8, 4) is 6.07 Å². The summed E-state index contributed by atoms with van der Waals surface area (Å²) in [6.45, 7) is 7.87. The van der Waals surface area contributed by atoms with Crippen LogP contribution in [-0.4, -0.2) is 30.0 Å². The quantitative estimate of drug-likeness (QED) is 0.0923. The molecule has 1 amide bonds. The number of nitriles is 1. The highest BCUT2D eigenvalue weighted by Crippen LogP contribution is 2.33. The van der Waals surface area contributed by atoms with E-state index in [2.05, 4.69) is 22.1 Å². The van der Waals surface area contributed by atoms with E-state index in [1.54, 1.807) is 25.1 Å². The number of nitro groups is 1. The Kier molecular flexibility index (Phi) is 10.2. The van der Waals surface area contributed by atoms with E-state index in [4.69, 9.17) is 4.74 Å². The number of benzene rings is 3. The maximum atomic E-state index is 12.3. The second-order valence-electron chi connectivity index (χ2n) is 8.93. The lowest BCUT2D eigenvalue weighted by Gasteiger charge is -2.25. The molecule has 0 unspecified atom stereocenters. The molecule has 0 aromatic heterocycles. The third-order valence-corrected chi connectivity index (χ3v) is 5.51. The van der Waals surface area contributed by atoms with Crippen LogP contribution in [0.2, 0.25) is 0 Å². The number of carbonyl (C=O) groups is 2. The summed E-state index contributed by atoms with van der Waals surface area (Å²) in [6, 6.07) is 20.4. The Labute approximate surface area is 231 Å². The summed E-state index contributed by atoms with van der Waals surface area (Å²) < 4.78 is 5.24. The topological polar surface area (TPSA) is 150 Å². The van der Waals surface area contributed by atoms with Gasteiger partial charge in [0.25, 0.3) is 5.69 Å². The summed E-state index contributed by atoms with van der Waals surface area (Å²) in [5.41, 5.74) is 3.04. The van der Waals surface area contributed by atoms with E-state index in [9.17, 15) is 25.0 Å². The van der Waals surface area contributed by atoms with Crippen LogP contribution in [0, 0.1) is 21.4 Å². The van der Waals surface area contributed by atoms with Gasteiger partial charge in [0.05, 0.1) is 22.6 Å². The molecule has 0 atom stereocenters. The molecule has 40 heavy (non-hydrogen) atoms. The highest BCUT2D eigenvalue weighted by Gasteiger charge is 2.15. The number of anilines is 2. The second kappa shape index (κ2) is 14.0. The highest BCUT2D eigenvalue weighted by molar-refractivity contribution is 5.93. The normalized spacial score (nSPS) is 10.5. The van der Waals surface area contributed by atoms with Gasteiger partial charge in [0.15, 0.2) is 0 Å². The first-order valence-corrected chi connectivity index (χ1v) is 12.3. The van der Waals surface area contributed by atoms with Crippen LogP contribution in [0.3, 0.4) is 0 Å². The Morgan fingerprint density at radius 2 is 1.77 bits per heavy atom. The lowest BCUT2D eigenvalue weighted by Crippen LogP contribution is -2.26. The van der Waals surface area contributed by atoms with E-state index < -0.39 is 4.92 Å². The van der Waals surface area contributed by atoms with Crippen molar-refractivity contribution in [3.63, 3.8) is 0 Å². The molecule has 11 heteroatoms. The van der Waals surface area contributed by atoms with Crippen LogP contribution in [0.4, 0.5) is 28.4 Å². The Morgan fingerprint density at radius 1 is 1.07 bits per heavy atom. The number of rotatable bonds is 12. The molecule has 0 aliphatic rings. The standard InChI is InChI=1S/C29H28N6O5/c1-20(2)19-40-29(37)13-14-34(18-22-7-5-4-6-8-22)24-9-12-27(28(16-24)31-21(3)36)33-32-26-11-10-25(35(38)39)15-23(26)17-30/h4-12,15-16H,1,13-14,18-19H2,2-3H3,(H,31,36). The summed E-state index contributed by atoms with van der Waals surface area (Å²) in [7, 11) is 0. The molecule has 0 aliphatic heterocycles. The van der Waals surface area contributed by atoms with Crippen LogP contribution >= 0.6 is 0 Å². The molecule has 3 aromatic carbocycles. The van der Waals surface area contributed by atoms with Gasteiger partial charge in [0.1, 0.15) is 24.1 Å². The Bertz CT molecular complexity index is 1480. The number of carbonyl (C=O) groups excluding carboxylic acids is 2. The van der Waals surface area contributed by atoms with Crippen LogP contribution in [-0.2, 0) is 20.9 Å². The van der Waals surface area contributed by atoms with E-state index in [0.29, 0.717) is 30.2 Å². The van der Waals surface area contributed by atoms with E-state index in [0.717, 1.165) is 17.2 Å². The van der Waals surface area contributed by atoms with Crippen molar-refractivity contribution >= 4 is 40.3 Å². The number of hydrogen-bond donors (Lipinski definition) is 1. The second-order valence-corrected chi connectivity index (χ2v) is 8.93. The van der Waals surface area contributed by atoms with Crippen LogP contribution < -0.4 is 10.2 Å². The minimum absolute atomic E-state index is 0.0109. The van der Waals surface area contributed by atoms with Gasteiger partial charge < -0.3 is 15.0 Å². The van der Waals surface area contributed by atoms with E-state index >= 15 is 0 Å². The molecule has 0 bridgehead atoms. The summed E-state index contributed by atoms with van der Waals surface area (Å²) in [4.78, 5) is 36.7. The van der Waals surface area contributed by atoms with E-state index in [1.165, 1.54) is 19.1 Å².